The predicted molar refractivity (Wildman–Crippen MR) is 137 cm³/mol. The lowest BCUT2D eigenvalue weighted by molar-refractivity contribution is -0.384. The second kappa shape index (κ2) is 12.8. The summed E-state index contributed by atoms with van der Waals surface area (Å²) < 4.78 is -0.580. The van der Waals surface area contributed by atoms with Gasteiger partial charge >= 0.3 is 0 Å². The smallest absolute Gasteiger partial charge is 0.279 e. The fourth-order valence-electron chi connectivity index (χ4n) is 3.33. The molecular weight excluding hydrogens is 456 g/mol. The molecule has 3 rings (SSSR count). The third kappa shape index (κ3) is 9.21. The molecule has 0 unspecified atom stereocenters. The molecule has 1 aliphatic carbocycles. The monoisotopic (exact) mass is 488 g/mol. The van der Waals surface area contributed by atoms with E-state index in [0.717, 1.165) is 36.9 Å². The van der Waals surface area contributed by atoms with Crippen molar-refractivity contribution in [1.82, 2.24) is 5.32 Å². The van der Waals surface area contributed by atoms with Crippen molar-refractivity contribution in [2.45, 2.75) is 74.3 Å². The second-order valence-electron chi connectivity index (χ2n) is 8.68. The largest absolute Gasteiger partial charge is 0.336 e. The summed E-state index contributed by atoms with van der Waals surface area (Å²) in [6.07, 6.45) is 5.16. The number of carbonyl (C=O) groups is 2. The molecule has 1 saturated carbocycles. The van der Waals surface area contributed by atoms with Crippen molar-refractivity contribution in [2.24, 2.45) is 0 Å². The van der Waals surface area contributed by atoms with Gasteiger partial charge in [0.1, 0.15) is 6.29 Å². The first-order valence-electron chi connectivity index (χ1n) is 11.0. The summed E-state index contributed by atoms with van der Waals surface area (Å²) in [4.78, 5) is 34.8. The van der Waals surface area contributed by atoms with Crippen molar-refractivity contribution in [3.63, 3.8) is 0 Å². The molecule has 0 aliphatic heterocycles. The topological polar surface area (TPSA) is 89.3 Å². The highest BCUT2D eigenvalue weighted by molar-refractivity contribution is 8.14. The summed E-state index contributed by atoms with van der Waals surface area (Å²) >= 11 is 2.69. The lowest BCUT2D eigenvalue weighted by Gasteiger charge is -2.30. The van der Waals surface area contributed by atoms with Gasteiger partial charge in [0.05, 0.1) is 11.0 Å². The van der Waals surface area contributed by atoms with Crippen molar-refractivity contribution in [2.75, 3.05) is 0 Å². The van der Waals surface area contributed by atoms with Crippen LogP contribution in [0.25, 0.3) is 0 Å². The summed E-state index contributed by atoms with van der Waals surface area (Å²) in [5.74, 6) is 0. The van der Waals surface area contributed by atoms with Crippen LogP contribution in [0.2, 0.25) is 0 Å². The molecule has 0 radical (unpaired) electrons. The van der Waals surface area contributed by atoms with Gasteiger partial charge in [-0.2, -0.15) is 0 Å². The highest BCUT2D eigenvalue weighted by Crippen LogP contribution is 2.36. The minimum atomic E-state index is -0.644. The maximum absolute atomic E-state index is 12.2. The standard InChI is InChI=1S/C17H22N2O4S2.C8H10/c1-17(2,25-14-9-7-12(8-10-14)19(22)23)15(11-20)18-16(21)24-13-5-3-4-6-13;1-7-3-5-8(2)6-4-7/h7-11,13,15H,3-6H2,1-2H3,(H,18,21);3-6H,1-2H3/t15-;/m1./s1. The second-order valence-corrected chi connectivity index (χ2v) is 11.7. The van der Waals surface area contributed by atoms with Crippen molar-refractivity contribution in [1.29, 1.82) is 0 Å². The third-order valence-electron chi connectivity index (χ3n) is 5.38. The van der Waals surface area contributed by atoms with E-state index in [1.807, 2.05) is 13.8 Å². The van der Waals surface area contributed by atoms with E-state index < -0.39 is 15.7 Å². The van der Waals surface area contributed by atoms with Gasteiger partial charge in [-0.15, -0.1) is 11.8 Å². The van der Waals surface area contributed by atoms with E-state index in [4.69, 9.17) is 0 Å². The van der Waals surface area contributed by atoms with Gasteiger partial charge in [0.2, 0.25) is 0 Å². The summed E-state index contributed by atoms with van der Waals surface area (Å²) in [5.41, 5.74) is 2.68. The minimum absolute atomic E-state index is 0.0235. The van der Waals surface area contributed by atoms with Gasteiger partial charge in [-0.3, -0.25) is 14.9 Å². The Morgan fingerprint density at radius 1 is 1.06 bits per heavy atom. The molecule has 8 heteroatoms. The number of aryl methyl sites for hydroxylation is 2. The highest BCUT2D eigenvalue weighted by Gasteiger charge is 2.33. The molecule has 0 saturated heterocycles. The molecule has 1 aliphatic rings. The summed E-state index contributed by atoms with van der Waals surface area (Å²) in [6, 6.07) is 14.0. The number of benzene rings is 2. The van der Waals surface area contributed by atoms with E-state index in [-0.39, 0.29) is 10.9 Å². The van der Waals surface area contributed by atoms with Crippen LogP contribution in [0.5, 0.6) is 0 Å². The normalized spacial score (nSPS) is 14.7. The minimum Gasteiger partial charge on any atom is -0.336 e. The fraction of sp³-hybridized carbons (Fsp3) is 0.440. The number of hydrogen-bond donors (Lipinski definition) is 1. The number of carbonyl (C=O) groups excluding carboxylic acids is 2. The van der Waals surface area contributed by atoms with Crippen molar-refractivity contribution < 1.29 is 14.5 Å². The van der Waals surface area contributed by atoms with Crippen LogP contribution >= 0.6 is 23.5 Å². The van der Waals surface area contributed by atoms with Crippen LogP contribution in [-0.2, 0) is 4.79 Å². The van der Waals surface area contributed by atoms with Crippen LogP contribution in [0.15, 0.2) is 53.4 Å². The maximum Gasteiger partial charge on any atom is 0.279 e. The van der Waals surface area contributed by atoms with E-state index in [9.17, 15) is 19.7 Å². The van der Waals surface area contributed by atoms with Gasteiger partial charge < -0.3 is 10.1 Å². The molecule has 2 aromatic rings. The first-order chi connectivity index (χ1) is 15.6. The van der Waals surface area contributed by atoms with Crippen LogP contribution in [0, 0.1) is 24.0 Å². The Labute approximate surface area is 204 Å². The molecule has 1 amide bonds. The number of rotatable bonds is 7. The first kappa shape index (κ1) is 26.9. The molecule has 0 aromatic heterocycles. The SMILES string of the molecule is CC(C)(Sc1ccc([N+](=O)[O-])cc1)[C@@H](C=O)NC(=O)SC1CCCC1.Cc1ccc(C)cc1. The number of hydrogen-bond acceptors (Lipinski definition) is 6. The van der Waals surface area contributed by atoms with Gasteiger partial charge in [-0.05, 0) is 52.7 Å². The molecule has 33 heavy (non-hydrogen) atoms. The van der Waals surface area contributed by atoms with E-state index in [1.54, 1.807) is 12.1 Å². The Balaban J connectivity index is 0.000000405. The molecule has 1 N–H and O–H groups in total. The van der Waals surface area contributed by atoms with Crippen molar-refractivity contribution in [3.05, 3.63) is 69.8 Å². The lowest BCUT2D eigenvalue weighted by Crippen LogP contribution is -2.47. The Morgan fingerprint density at radius 2 is 1.58 bits per heavy atom. The summed E-state index contributed by atoms with van der Waals surface area (Å²) in [7, 11) is 0. The zero-order valence-corrected chi connectivity index (χ0v) is 21.2. The van der Waals surface area contributed by atoms with Gasteiger partial charge in [-0.25, -0.2) is 0 Å². The van der Waals surface area contributed by atoms with E-state index in [2.05, 4.69) is 43.4 Å². The Morgan fingerprint density at radius 3 is 2.03 bits per heavy atom. The molecule has 6 nitrogen and oxygen atoms in total. The molecule has 2 aromatic carbocycles. The Kier molecular flexibility index (Phi) is 10.4. The number of amides is 1. The van der Waals surface area contributed by atoms with Crippen LogP contribution in [0.1, 0.15) is 50.7 Å². The number of nitro groups is 1. The molecular formula is C25H32N2O4S2. The molecule has 0 bridgehead atoms. The number of nitrogens with zero attached hydrogens (tertiary/aromatic N) is 1. The van der Waals surface area contributed by atoms with E-state index in [0.29, 0.717) is 5.25 Å². The number of thioether (sulfide) groups is 2. The quantitative estimate of drug-likeness (QED) is 0.201. The lowest BCUT2D eigenvalue weighted by atomic mass is 10.1. The van der Waals surface area contributed by atoms with Crippen molar-refractivity contribution in [3.8, 4) is 0 Å². The molecule has 178 valence electrons. The molecule has 1 fully saturated rings. The van der Waals surface area contributed by atoms with Crippen LogP contribution in [0.4, 0.5) is 10.5 Å². The predicted octanol–water partition coefficient (Wildman–Crippen LogP) is 6.72. The number of nitrogens with one attached hydrogen (secondary N) is 1. The average molecular weight is 489 g/mol. The fourth-order valence-corrected chi connectivity index (χ4v) is 5.52. The van der Waals surface area contributed by atoms with Crippen LogP contribution < -0.4 is 5.32 Å². The van der Waals surface area contributed by atoms with Gasteiger partial charge in [0.25, 0.3) is 10.9 Å². The number of nitro benzene ring substituents is 1. The third-order valence-corrected chi connectivity index (χ3v) is 7.81. The molecule has 0 spiro atoms. The number of non-ortho nitro benzene ring substituents is 1. The highest BCUT2D eigenvalue weighted by atomic mass is 32.2. The number of aldehydes is 1. The molecule has 0 heterocycles. The zero-order valence-electron chi connectivity index (χ0n) is 19.6. The van der Waals surface area contributed by atoms with E-state index >= 15 is 0 Å². The Hall–Kier alpha value is -2.32. The van der Waals surface area contributed by atoms with Gasteiger partial charge in [-0.1, -0.05) is 60.0 Å². The van der Waals surface area contributed by atoms with Crippen LogP contribution in [0.3, 0.4) is 0 Å². The molecule has 1 atom stereocenters. The van der Waals surface area contributed by atoms with Crippen molar-refractivity contribution >= 4 is 40.7 Å². The van der Waals surface area contributed by atoms with Gasteiger partial charge in [0, 0.05) is 27.0 Å². The van der Waals surface area contributed by atoms with E-state index in [1.165, 1.54) is 46.8 Å². The summed E-state index contributed by atoms with van der Waals surface area (Å²) in [5, 5.41) is 13.7. The van der Waals surface area contributed by atoms with Crippen LogP contribution in [-0.4, -0.2) is 32.5 Å². The zero-order chi connectivity index (χ0) is 24.4. The summed E-state index contributed by atoms with van der Waals surface area (Å²) in [6.45, 7) is 7.94. The Bertz CT molecular complexity index is 903. The first-order valence-corrected chi connectivity index (χ1v) is 12.7. The van der Waals surface area contributed by atoms with Gasteiger partial charge in [0.15, 0.2) is 0 Å². The maximum atomic E-state index is 12.2. The average Bonchev–Trinajstić information content (AvgIpc) is 3.27.